The smallest absolute Gasteiger partial charge is 0.305 e. The van der Waals surface area contributed by atoms with Gasteiger partial charge in [-0.25, -0.2) is 0 Å². The Morgan fingerprint density at radius 2 is 1.82 bits per heavy atom. The van der Waals surface area contributed by atoms with Crippen LogP contribution in [-0.4, -0.2) is 23.0 Å². The van der Waals surface area contributed by atoms with Crippen molar-refractivity contribution in [2.45, 2.75) is 45.6 Å². The third-order valence-corrected chi connectivity index (χ3v) is 5.27. The summed E-state index contributed by atoms with van der Waals surface area (Å²) < 4.78 is 0. The molecule has 1 saturated heterocycles. The Labute approximate surface area is 136 Å². The van der Waals surface area contributed by atoms with Gasteiger partial charge in [-0.1, -0.05) is 55.9 Å². The molecule has 22 heavy (non-hydrogen) atoms. The van der Waals surface area contributed by atoms with E-state index in [1.807, 2.05) is 0 Å². The first-order chi connectivity index (χ1) is 10.6. The van der Waals surface area contributed by atoms with E-state index in [9.17, 15) is 4.79 Å². The molecular formula is C18H24N2OS. The summed E-state index contributed by atoms with van der Waals surface area (Å²) in [6.07, 6.45) is 3.89. The monoisotopic (exact) mass is 316 g/mol. The number of piperidine rings is 1. The first-order valence-corrected chi connectivity index (χ1v) is 9.00. The molecule has 0 saturated carbocycles. The second-order valence-electron chi connectivity index (χ2n) is 6.43. The van der Waals surface area contributed by atoms with E-state index in [1.54, 1.807) is 0 Å². The largest absolute Gasteiger partial charge is 0.312 e. The predicted molar refractivity (Wildman–Crippen MR) is 93.6 cm³/mol. The summed E-state index contributed by atoms with van der Waals surface area (Å²) >= 11 is 1.36. The number of likely N-dealkylation sites (tertiary alicyclic amines) is 1. The van der Waals surface area contributed by atoms with Gasteiger partial charge in [-0.05, 0) is 43.0 Å². The van der Waals surface area contributed by atoms with E-state index < -0.39 is 0 Å². The lowest BCUT2D eigenvalue weighted by atomic mass is 10.0. The Morgan fingerprint density at radius 1 is 1.14 bits per heavy atom. The van der Waals surface area contributed by atoms with Gasteiger partial charge in [0.15, 0.2) is 0 Å². The fraction of sp³-hybridized carbons (Fsp3) is 0.500. The van der Waals surface area contributed by atoms with Gasteiger partial charge in [-0.2, -0.15) is 0 Å². The normalized spacial score (nSPS) is 16.3. The standard InChI is InChI=1S/C18H24N2OS/c1-13(2)14-6-8-15(9-7-14)17-16(22-18(21)19-17)12-20-10-4-3-5-11-20/h6-9,13H,3-5,10-12H2,1-2H3,(H,19,21). The Bertz CT molecular complexity index is 663. The van der Waals surface area contributed by atoms with Crippen molar-refractivity contribution in [2.24, 2.45) is 0 Å². The van der Waals surface area contributed by atoms with Gasteiger partial charge in [-0.15, -0.1) is 0 Å². The van der Waals surface area contributed by atoms with Gasteiger partial charge in [0.25, 0.3) is 0 Å². The summed E-state index contributed by atoms with van der Waals surface area (Å²) in [5.41, 5.74) is 3.46. The number of aromatic nitrogens is 1. The lowest BCUT2D eigenvalue weighted by Gasteiger charge is -2.26. The summed E-state index contributed by atoms with van der Waals surface area (Å²) in [7, 11) is 0. The van der Waals surface area contributed by atoms with Crippen LogP contribution >= 0.6 is 11.3 Å². The first kappa shape index (κ1) is 15.5. The van der Waals surface area contributed by atoms with Crippen LogP contribution in [0, 0.1) is 0 Å². The van der Waals surface area contributed by atoms with Gasteiger partial charge >= 0.3 is 4.87 Å². The number of aromatic amines is 1. The first-order valence-electron chi connectivity index (χ1n) is 8.18. The van der Waals surface area contributed by atoms with E-state index in [0.29, 0.717) is 5.92 Å². The van der Waals surface area contributed by atoms with Crippen LogP contribution in [0.1, 0.15) is 49.5 Å². The summed E-state index contributed by atoms with van der Waals surface area (Å²) in [6, 6.07) is 8.60. The molecule has 3 nitrogen and oxygen atoms in total. The molecule has 0 unspecified atom stereocenters. The van der Waals surface area contributed by atoms with Crippen LogP contribution < -0.4 is 4.87 Å². The van der Waals surface area contributed by atoms with E-state index in [1.165, 1.54) is 41.0 Å². The Balaban J connectivity index is 1.85. The van der Waals surface area contributed by atoms with E-state index in [-0.39, 0.29) is 4.87 Å². The van der Waals surface area contributed by atoms with Crippen molar-refractivity contribution < 1.29 is 0 Å². The molecule has 1 aromatic heterocycles. The molecule has 2 aromatic rings. The highest BCUT2D eigenvalue weighted by molar-refractivity contribution is 7.09. The molecule has 0 spiro atoms. The lowest BCUT2D eigenvalue weighted by molar-refractivity contribution is 0.223. The van der Waals surface area contributed by atoms with Crippen molar-refractivity contribution in [1.82, 2.24) is 9.88 Å². The Morgan fingerprint density at radius 3 is 2.45 bits per heavy atom. The van der Waals surface area contributed by atoms with Gasteiger partial charge in [0.05, 0.1) is 5.69 Å². The van der Waals surface area contributed by atoms with E-state index in [0.717, 1.165) is 30.9 Å². The van der Waals surface area contributed by atoms with Gasteiger partial charge in [0, 0.05) is 11.4 Å². The average Bonchev–Trinajstić information content (AvgIpc) is 2.89. The van der Waals surface area contributed by atoms with Gasteiger partial charge < -0.3 is 4.98 Å². The number of nitrogens with one attached hydrogen (secondary N) is 1. The van der Waals surface area contributed by atoms with Crippen molar-refractivity contribution >= 4 is 11.3 Å². The summed E-state index contributed by atoms with van der Waals surface area (Å²) in [5, 5.41) is 0. The highest BCUT2D eigenvalue weighted by Gasteiger charge is 2.16. The maximum atomic E-state index is 11.8. The second kappa shape index (κ2) is 6.80. The summed E-state index contributed by atoms with van der Waals surface area (Å²) in [5.74, 6) is 0.531. The molecule has 1 fully saturated rings. The van der Waals surface area contributed by atoms with Crippen molar-refractivity contribution in [1.29, 1.82) is 0 Å². The average molecular weight is 316 g/mol. The fourth-order valence-corrected chi connectivity index (χ4v) is 3.95. The molecule has 118 valence electrons. The van der Waals surface area contributed by atoms with Crippen molar-refractivity contribution in [3.8, 4) is 11.3 Å². The molecule has 1 aliphatic rings. The van der Waals surface area contributed by atoms with Gasteiger partial charge in [0.1, 0.15) is 0 Å². The molecular weight excluding hydrogens is 292 g/mol. The van der Waals surface area contributed by atoms with E-state index in [2.05, 4.69) is 48.0 Å². The number of H-pyrrole nitrogens is 1. The van der Waals surface area contributed by atoms with Crippen LogP contribution in [0.15, 0.2) is 29.1 Å². The molecule has 2 heterocycles. The molecule has 0 bridgehead atoms. The lowest BCUT2D eigenvalue weighted by Crippen LogP contribution is -2.28. The topological polar surface area (TPSA) is 36.1 Å². The van der Waals surface area contributed by atoms with Gasteiger partial charge in [0.2, 0.25) is 0 Å². The number of thiazole rings is 1. The molecule has 1 N–H and O–H groups in total. The highest BCUT2D eigenvalue weighted by Crippen LogP contribution is 2.27. The van der Waals surface area contributed by atoms with Crippen molar-refractivity contribution in [3.63, 3.8) is 0 Å². The SMILES string of the molecule is CC(C)c1ccc(-c2[nH]c(=O)sc2CN2CCCCC2)cc1. The van der Waals surface area contributed by atoms with Gasteiger partial charge in [-0.3, -0.25) is 9.69 Å². The molecule has 1 aliphatic heterocycles. The van der Waals surface area contributed by atoms with Crippen LogP contribution in [0.25, 0.3) is 11.3 Å². The summed E-state index contributed by atoms with van der Waals surface area (Å²) in [6.45, 7) is 7.59. The second-order valence-corrected chi connectivity index (χ2v) is 7.49. The number of nitrogens with zero attached hydrogens (tertiary/aromatic N) is 1. The molecule has 0 radical (unpaired) electrons. The fourth-order valence-electron chi connectivity index (χ4n) is 3.06. The zero-order valence-corrected chi connectivity index (χ0v) is 14.2. The van der Waals surface area contributed by atoms with Crippen LogP contribution in [0.5, 0.6) is 0 Å². The quantitative estimate of drug-likeness (QED) is 0.917. The molecule has 1 aromatic carbocycles. The van der Waals surface area contributed by atoms with Crippen LogP contribution in [0.4, 0.5) is 0 Å². The highest BCUT2D eigenvalue weighted by atomic mass is 32.1. The Hall–Kier alpha value is -1.39. The third kappa shape index (κ3) is 3.50. The predicted octanol–water partition coefficient (Wildman–Crippen LogP) is 4.21. The zero-order valence-electron chi connectivity index (χ0n) is 13.4. The number of hydrogen-bond acceptors (Lipinski definition) is 3. The maximum Gasteiger partial charge on any atom is 0.305 e. The Kier molecular flexibility index (Phi) is 4.79. The molecule has 4 heteroatoms. The molecule has 3 rings (SSSR count). The minimum Gasteiger partial charge on any atom is -0.312 e. The van der Waals surface area contributed by atoms with E-state index in [4.69, 9.17) is 0 Å². The minimum atomic E-state index is 0.0509. The number of hydrogen-bond donors (Lipinski definition) is 1. The van der Waals surface area contributed by atoms with Crippen LogP contribution in [0.3, 0.4) is 0 Å². The van der Waals surface area contributed by atoms with Crippen LogP contribution in [-0.2, 0) is 6.54 Å². The van der Waals surface area contributed by atoms with Crippen molar-refractivity contribution in [2.75, 3.05) is 13.1 Å². The number of rotatable bonds is 4. The van der Waals surface area contributed by atoms with Crippen LogP contribution in [0.2, 0.25) is 0 Å². The maximum absolute atomic E-state index is 11.8. The van der Waals surface area contributed by atoms with E-state index >= 15 is 0 Å². The summed E-state index contributed by atoms with van der Waals surface area (Å²) in [4.78, 5) is 18.6. The minimum absolute atomic E-state index is 0.0509. The number of benzene rings is 1. The molecule has 0 atom stereocenters. The van der Waals surface area contributed by atoms with Crippen molar-refractivity contribution in [3.05, 3.63) is 44.4 Å². The molecule has 0 aliphatic carbocycles. The third-order valence-electron chi connectivity index (χ3n) is 4.40. The zero-order chi connectivity index (χ0) is 15.5. The molecule has 0 amide bonds.